The van der Waals surface area contributed by atoms with Crippen molar-refractivity contribution in [2.24, 2.45) is 0 Å². The van der Waals surface area contributed by atoms with Crippen molar-refractivity contribution in [2.75, 3.05) is 5.73 Å². The first-order valence-corrected chi connectivity index (χ1v) is 6.61. The Balaban J connectivity index is 2.17. The van der Waals surface area contributed by atoms with Crippen LogP contribution in [-0.4, -0.2) is 5.78 Å². The summed E-state index contributed by atoms with van der Waals surface area (Å²) < 4.78 is 0. The fourth-order valence-electron chi connectivity index (χ4n) is 2.32. The lowest BCUT2D eigenvalue weighted by Crippen LogP contribution is -2.03. The molecule has 3 heteroatoms. The molecule has 0 aromatic heterocycles. The van der Waals surface area contributed by atoms with Crippen LogP contribution in [0, 0.1) is 0 Å². The minimum absolute atomic E-state index is 0.0731. The van der Waals surface area contributed by atoms with Crippen molar-refractivity contribution in [2.45, 2.75) is 0 Å². The van der Waals surface area contributed by atoms with E-state index in [-0.39, 0.29) is 5.78 Å². The van der Waals surface area contributed by atoms with Crippen molar-refractivity contribution in [3.8, 4) is 0 Å². The Bertz CT molecular complexity index is 785. The molecule has 3 aromatic rings. The number of hydrogen-bond acceptors (Lipinski definition) is 2. The smallest absolute Gasteiger partial charge is 0.193 e. The predicted octanol–water partition coefficient (Wildman–Crippen LogP) is 4.31. The van der Waals surface area contributed by atoms with Gasteiger partial charge in [0.05, 0.1) is 0 Å². The summed E-state index contributed by atoms with van der Waals surface area (Å²) in [6.07, 6.45) is 0. The zero-order valence-electron chi connectivity index (χ0n) is 10.6. The average molecular weight is 282 g/mol. The third kappa shape index (κ3) is 2.26. The van der Waals surface area contributed by atoms with Gasteiger partial charge in [-0.15, -0.1) is 0 Å². The summed E-state index contributed by atoms with van der Waals surface area (Å²) in [5.41, 5.74) is 7.40. The maximum absolute atomic E-state index is 12.7. The second-order valence-electron chi connectivity index (χ2n) is 4.63. The molecule has 20 heavy (non-hydrogen) atoms. The van der Waals surface area contributed by atoms with Crippen molar-refractivity contribution in [1.29, 1.82) is 0 Å². The molecule has 3 rings (SSSR count). The second kappa shape index (κ2) is 4.99. The normalized spacial score (nSPS) is 10.7. The number of carbonyl (C=O) groups excluding carboxylic acids is 1. The fourth-order valence-corrected chi connectivity index (χ4v) is 2.57. The van der Waals surface area contributed by atoms with Gasteiger partial charge >= 0.3 is 0 Å². The van der Waals surface area contributed by atoms with Crippen LogP contribution in [0.2, 0.25) is 5.02 Å². The molecule has 0 unspecified atom stereocenters. The van der Waals surface area contributed by atoms with Crippen LogP contribution >= 0.6 is 11.6 Å². The summed E-state index contributed by atoms with van der Waals surface area (Å²) in [5, 5.41) is 2.43. The molecule has 0 atom stereocenters. The summed E-state index contributed by atoms with van der Waals surface area (Å²) in [6, 6.07) is 18.4. The molecule has 0 aliphatic carbocycles. The summed E-state index contributed by atoms with van der Waals surface area (Å²) in [5.74, 6) is -0.0731. The van der Waals surface area contributed by atoms with E-state index in [1.54, 1.807) is 18.2 Å². The van der Waals surface area contributed by atoms with Crippen molar-refractivity contribution < 1.29 is 4.79 Å². The zero-order chi connectivity index (χ0) is 14.1. The number of halogens is 1. The number of anilines is 1. The highest BCUT2D eigenvalue weighted by Gasteiger charge is 2.13. The van der Waals surface area contributed by atoms with E-state index in [0.29, 0.717) is 21.8 Å². The Morgan fingerprint density at radius 1 is 0.950 bits per heavy atom. The van der Waals surface area contributed by atoms with Crippen LogP contribution in [0.25, 0.3) is 10.8 Å². The van der Waals surface area contributed by atoms with Gasteiger partial charge in [-0.1, -0.05) is 54.1 Å². The minimum Gasteiger partial charge on any atom is -0.399 e. The molecule has 0 aliphatic rings. The van der Waals surface area contributed by atoms with Gasteiger partial charge in [0.15, 0.2) is 5.78 Å². The Morgan fingerprint density at radius 2 is 1.70 bits per heavy atom. The van der Waals surface area contributed by atoms with Gasteiger partial charge in [-0.3, -0.25) is 4.79 Å². The number of nitrogens with two attached hydrogens (primary N) is 1. The molecule has 0 bridgehead atoms. The number of ketones is 1. The standard InChI is InChI=1S/C17H12ClNO/c18-13-8-12(9-14(19)10-13)17(20)16-7-3-5-11-4-1-2-6-15(11)16/h1-10H,19H2. The summed E-state index contributed by atoms with van der Waals surface area (Å²) in [6.45, 7) is 0. The molecule has 2 nitrogen and oxygen atoms in total. The molecular weight excluding hydrogens is 270 g/mol. The van der Waals surface area contributed by atoms with E-state index in [1.165, 1.54) is 0 Å². The Morgan fingerprint density at radius 3 is 2.50 bits per heavy atom. The molecule has 0 fully saturated rings. The van der Waals surface area contributed by atoms with E-state index in [2.05, 4.69) is 0 Å². The lowest BCUT2D eigenvalue weighted by atomic mass is 9.97. The largest absolute Gasteiger partial charge is 0.399 e. The number of carbonyl (C=O) groups is 1. The van der Waals surface area contributed by atoms with Crippen LogP contribution in [0.3, 0.4) is 0 Å². The topological polar surface area (TPSA) is 43.1 Å². The Labute approximate surface area is 121 Å². The van der Waals surface area contributed by atoms with E-state index in [4.69, 9.17) is 17.3 Å². The van der Waals surface area contributed by atoms with Crippen molar-refractivity contribution in [3.05, 3.63) is 76.8 Å². The van der Waals surface area contributed by atoms with E-state index in [1.807, 2.05) is 42.5 Å². The Kier molecular flexibility index (Phi) is 3.17. The molecule has 0 heterocycles. The molecule has 2 N–H and O–H groups in total. The van der Waals surface area contributed by atoms with Crippen molar-refractivity contribution in [3.63, 3.8) is 0 Å². The highest BCUT2D eigenvalue weighted by Crippen LogP contribution is 2.24. The molecule has 3 aromatic carbocycles. The minimum atomic E-state index is -0.0731. The number of benzene rings is 3. The zero-order valence-corrected chi connectivity index (χ0v) is 11.4. The van der Waals surface area contributed by atoms with Crippen LogP contribution in [0.5, 0.6) is 0 Å². The molecular formula is C17H12ClNO. The maximum atomic E-state index is 12.7. The van der Waals surface area contributed by atoms with E-state index in [0.717, 1.165) is 10.8 Å². The van der Waals surface area contributed by atoms with Crippen LogP contribution in [0.4, 0.5) is 5.69 Å². The molecule has 0 saturated heterocycles. The van der Waals surface area contributed by atoms with Gasteiger partial charge in [-0.2, -0.15) is 0 Å². The molecule has 0 spiro atoms. The van der Waals surface area contributed by atoms with E-state index >= 15 is 0 Å². The van der Waals surface area contributed by atoms with Gasteiger partial charge < -0.3 is 5.73 Å². The van der Waals surface area contributed by atoms with Crippen LogP contribution in [-0.2, 0) is 0 Å². The number of hydrogen-bond donors (Lipinski definition) is 1. The Hall–Kier alpha value is -2.32. The lowest BCUT2D eigenvalue weighted by molar-refractivity contribution is 0.104. The van der Waals surface area contributed by atoms with Gasteiger partial charge in [-0.25, -0.2) is 0 Å². The van der Waals surface area contributed by atoms with Gasteiger partial charge in [0.25, 0.3) is 0 Å². The SMILES string of the molecule is Nc1cc(Cl)cc(C(=O)c2cccc3ccccc23)c1. The lowest BCUT2D eigenvalue weighted by Gasteiger charge is -2.07. The monoisotopic (exact) mass is 281 g/mol. The summed E-state index contributed by atoms with van der Waals surface area (Å²) in [4.78, 5) is 12.7. The average Bonchev–Trinajstić information content (AvgIpc) is 2.45. The number of rotatable bonds is 2. The van der Waals surface area contributed by atoms with Gasteiger partial charge in [0, 0.05) is 21.8 Å². The third-order valence-corrected chi connectivity index (χ3v) is 3.43. The summed E-state index contributed by atoms with van der Waals surface area (Å²) in [7, 11) is 0. The summed E-state index contributed by atoms with van der Waals surface area (Å²) >= 11 is 5.97. The van der Waals surface area contributed by atoms with Crippen LogP contribution < -0.4 is 5.73 Å². The first-order chi connectivity index (χ1) is 9.65. The third-order valence-electron chi connectivity index (χ3n) is 3.22. The first-order valence-electron chi connectivity index (χ1n) is 6.24. The van der Waals surface area contributed by atoms with Crippen LogP contribution in [0.15, 0.2) is 60.7 Å². The first kappa shape index (κ1) is 12.7. The molecule has 0 aliphatic heterocycles. The highest BCUT2D eigenvalue weighted by molar-refractivity contribution is 6.31. The molecule has 0 amide bonds. The highest BCUT2D eigenvalue weighted by atomic mass is 35.5. The fraction of sp³-hybridized carbons (Fsp3) is 0. The van der Waals surface area contributed by atoms with Gasteiger partial charge in [-0.05, 0) is 29.0 Å². The van der Waals surface area contributed by atoms with Gasteiger partial charge in [0.2, 0.25) is 0 Å². The molecule has 0 radical (unpaired) electrons. The van der Waals surface area contributed by atoms with Crippen molar-refractivity contribution >= 4 is 33.8 Å². The molecule has 0 saturated carbocycles. The van der Waals surface area contributed by atoms with E-state index < -0.39 is 0 Å². The second-order valence-corrected chi connectivity index (χ2v) is 5.07. The quantitative estimate of drug-likeness (QED) is 0.562. The molecule has 98 valence electrons. The predicted molar refractivity (Wildman–Crippen MR) is 83.2 cm³/mol. The van der Waals surface area contributed by atoms with Crippen molar-refractivity contribution in [1.82, 2.24) is 0 Å². The van der Waals surface area contributed by atoms with Gasteiger partial charge in [0.1, 0.15) is 0 Å². The number of nitrogen functional groups attached to an aromatic ring is 1. The van der Waals surface area contributed by atoms with E-state index in [9.17, 15) is 4.79 Å². The van der Waals surface area contributed by atoms with Crippen LogP contribution in [0.1, 0.15) is 15.9 Å². The number of fused-ring (bicyclic) bond motifs is 1. The maximum Gasteiger partial charge on any atom is 0.193 e.